The fraction of sp³-hybridized carbons (Fsp3) is 0.273. The molecule has 1 nitrogen and oxygen atoms in total. The Kier molecular flexibility index (Phi) is 3.61. The van der Waals surface area contributed by atoms with Gasteiger partial charge in [-0.05, 0) is 24.6 Å². The number of terminal acetylenes is 1. The van der Waals surface area contributed by atoms with E-state index < -0.39 is 17.7 Å². The van der Waals surface area contributed by atoms with E-state index in [1.165, 1.54) is 0 Å². The number of hydrogen-bond donors (Lipinski definition) is 1. The predicted octanol–water partition coefficient (Wildman–Crippen LogP) is 2.38. The fourth-order valence-corrected chi connectivity index (χ4v) is 1.19. The van der Waals surface area contributed by atoms with Crippen LogP contribution in [0.1, 0.15) is 24.4 Å². The summed E-state index contributed by atoms with van der Waals surface area (Å²) >= 11 is 0. The monoisotopic (exact) mass is 195 g/mol. The van der Waals surface area contributed by atoms with Gasteiger partial charge in [0.2, 0.25) is 0 Å². The van der Waals surface area contributed by atoms with Gasteiger partial charge in [0.1, 0.15) is 11.6 Å². The summed E-state index contributed by atoms with van der Waals surface area (Å²) in [5.41, 5.74) is 5.83. The molecule has 0 heterocycles. The molecule has 0 fully saturated rings. The molecule has 1 rings (SSSR count). The van der Waals surface area contributed by atoms with Crippen molar-refractivity contribution in [2.45, 2.75) is 18.9 Å². The molecule has 1 aromatic carbocycles. The third-order valence-corrected chi connectivity index (χ3v) is 1.96. The third kappa shape index (κ3) is 2.54. The van der Waals surface area contributed by atoms with Crippen molar-refractivity contribution in [3.63, 3.8) is 0 Å². The summed E-state index contributed by atoms with van der Waals surface area (Å²) in [7, 11) is 0. The summed E-state index contributed by atoms with van der Waals surface area (Å²) in [4.78, 5) is 0. The summed E-state index contributed by atoms with van der Waals surface area (Å²) in [6.07, 6.45) is 5.96. The summed E-state index contributed by atoms with van der Waals surface area (Å²) < 4.78 is 25.9. The van der Waals surface area contributed by atoms with E-state index in [2.05, 4.69) is 5.92 Å². The van der Waals surface area contributed by atoms with Crippen molar-refractivity contribution in [1.82, 2.24) is 0 Å². The number of rotatable bonds is 3. The third-order valence-electron chi connectivity index (χ3n) is 1.96. The Morgan fingerprint density at radius 3 is 2.79 bits per heavy atom. The normalized spacial score (nSPS) is 12.1. The van der Waals surface area contributed by atoms with Crippen LogP contribution in [0.3, 0.4) is 0 Å². The molecule has 0 aliphatic carbocycles. The minimum absolute atomic E-state index is 0.181. The van der Waals surface area contributed by atoms with Gasteiger partial charge in [-0.25, -0.2) is 8.78 Å². The second-order valence-electron chi connectivity index (χ2n) is 3.02. The molecule has 0 spiro atoms. The van der Waals surface area contributed by atoms with Crippen LogP contribution in [0.15, 0.2) is 18.2 Å². The Labute approximate surface area is 81.9 Å². The lowest BCUT2D eigenvalue weighted by atomic mass is 10.0. The van der Waals surface area contributed by atoms with Crippen molar-refractivity contribution in [3.05, 3.63) is 35.4 Å². The van der Waals surface area contributed by atoms with Crippen LogP contribution in [0.2, 0.25) is 0 Å². The van der Waals surface area contributed by atoms with Gasteiger partial charge in [-0.2, -0.15) is 0 Å². The lowest BCUT2D eigenvalue weighted by Crippen LogP contribution is -2.12. The van der Waals surface area contributed by atoms with Crippen LogP contribution in [-0.4, -0.2) is 0 Å². The smallest absolute Gasteiger partial charge is 0.128 e. The zero-order chi connectivity index (χ0) is 10.6. The summed E-state index contributed by atoms with van der Waals surface area (Å²) in [5, 5.41) is 0. The molecule has 2 N–H and O–H groups in total. The number of benzene rings is 1. The first-order chi connectivity index (χ1) is 6.65. The van der Waals surface area contributed by atoms with Gasteiger partial charge < -0.3 is 5.73 Å². The van der Waals surface area contributed by atoms with E-state index in [0.717, 1.165) is 18.2 Å². The van der Waals surface area contributed by atoms with Gasteiger partial charge in [-0.3, -0.25) is 0 Å². The van der Waals surface area contributed by atoms with Crippen molar-refractivity contribution in [1.29, 1.82) is 0 Å². The number of nitrogens with two attached hydrogens (primary N) is 1. The van der Waals surface area contributed by atoms with E-state index >= 15 is 0 Å². The molecule has 3 heteroatoms. The van der Waals surface area contributed by atoms with Crippen LogP contribution in [0.4, 0.5) is 8.78 Å². The summed E-state index contributed by atoms with van der Waals surface area (Å²) in [6, 6.07) is 2.70. The largest absolute Gasteiger partial charge is 0.324 e. The van der Waals surface area contributed by atoms with Crippen LogP contribution in [-0.2, 0) is 0 Å². The Balaban J connectivity index is 2.83. The highest BCUT2D eigenvalue weighted by Gasteiger charge is 2.11. The Morgan fingerprint density at radius 1 is 1.43 bits per heavy atom. The minimum atomic E-state index is -0.540. The van der Waals surface area contributed by atoms with Crippen molar-refractivity contribution in [3.8, 4) is 12.3 Å². The lowest BCUT2D eigenvalue weighted by Gasteiger charge is -2.11. The first-order valence-electron chi connectivity index (χ1n) is 4.29. The van der Waals surface area contributed by atoms with Crippen LogP contribution in [0.5, 0.6) is 0 Å². The maximum absolute atomic E-state index is 13.1. The minimum Gasteiger partial charge on any atom is -0.324 e. The van der Waals surface area contributed by atoms with E-state index in [1.807, 2.05) is 0 Å². The topological polar surface area (TPSA) is 26.0 Å². The zero-order valence-corrected chi connectivity index (χ0v) is 7.63. The van der Waals surface area contributed by atoms with E-state index in [1.54, 1.807) is 0 Å². The maximum atomic E-state index is 13.1. The maximum Gasteiger partial charge on any atom is 0.128 e. The van der Waals surface area contributed by atoms with E-state index in [9.17, 15) is 8.78 Å². The average Bonchev–Trinajstić information content (AvgIpc) is 2.18. The van der Waals surface area contributed by atoms with Gasteiger partial charge >= 0.3 is 0 Å². The Hall–Kier alpha value is -1.40. The van der Waals surface area contributed by atoms with Crippen LogP contribution >= 0.6 is 0 Å². The average molecular weight is 195 g/mol. The molecule has 0 saturated heterocycles. The van der Waals surface area contributed by atoms with E-state index in [4.69, 9.17) is 12.2 Å². The molecular weight excluding hydrogens is 184 g/mol. The summed E-state index contributed by atoms with van der Waals surface area (Å²) in [5.74, 6) is 1.43. The first kappa shape index (κ1) is 10.7. The predicted molar refractivity (Wildman–Crippen MR) is 51.4 cm³/mol. The van der Waals surface area contributed by atoms with Crippen LogP contribution in [0.25, 0.3) is 0 Å². The highest BCUT2D eigenvalue weighted by atomic mass is 19.1. The molecule has 1 unspecified atom stereocenters. The molecular formula is C11H11F2N. The van der Waals surface area contributed by atoms with Crippen LogP contribution < -0.4 is 5.73 Å². The molecule has 0 radical (unpaired) electrons. The molecule has 14 heavy (non-hydrogen) atoms. The van der Waals surface area contributed by atoms with Gasteiger partial charge in [0.15, 0.2) is 0 Å². The molecule has 0 amide bonds. The second-order valence-corrected chi connectivity index (χ2v) is 3.02. The highest BCUT2D eigenvalue weighted by molar-refractivity contribution is 5.22. The molecule has 0 saturated carbocycles. The molecule has 0 aliphatic rings. The number of hydrogen-bond acceptors (Lipinski definition) is 1. The van der Waals surface area contributed by atoms with Crippen molar-refractivity contribution in [2.75, 3.05) is 0 Å². The van der Waals surface area contributed by atoms with Gasteiger partial charge in [0.25, 0.3) is 0 Å². The number of halogens is 2. The lowest BCUT2D eigenvalue weighted by molar-refractivity contribution is 0.551. The molecule has 74 valence electrons. The van der Waals surface area contributed by atoms with Crippen molar-refractivity contribution >= 4 is 0 Å². The fourth-order valence-electron chi connectivity index (χ4n) is 1.19. The molecule has 0 aromatic heterocycles. The van der Waals surface area contributed by atoms with Gasteiger partial charge in [-0.15, -0.1) is 12.3 Å². The zero-order valence-electron chi connectivity index (χ0n) is 7.63. The SMILES string of the molecule is C#CCCC(N)c1cc(F)ccc1F. The van der Waals surface area contributed by atoms with Gasteiger partial charge in [-0.1, -0.05) is 0 Å². The Morgan fingerprint density at radius 2 is 2.14 bits per heavy atom. The molecule has 0 aliphatic heterocycles. The molecule has 1 aromatic rings. The van der Waals surface area contributed by atoms with Crippen LogP contribution in [0, 0.1) is 24.0 Å². The quantitative estimate of drug-likeness (QED) is 0.736. The second kappa shape index (κ2) is 4.73. The first-order valence-corrected chi connectivity index (χ1v) is 4.29. The molecule has 0 bridgehead atoms. The highest BCUT2D eigenvalue weighted by Crippen LogP contribution is 2.19. The van der Waals surface area contributed by atoms with E-state index in [0.29, 0.717) is 12.8 Å². The van der Waals surface area contributed by atoms with Crippen molar-refractivity contribution in [2.24, 2.45) is 5.73 Å². The summed E-state index contributed by atoms with van der Waals surface area (Å²) in [6.45, 7) is 0. The van der Waals surface area contributed by atoms with Gasteiger partial charge in [0, 0.05) is 18.0 Å². The molecule has 1 atom stereocenters. The van der Waals surface area contributed by atoms with E-state index in [-0.39, 0.29) is 5.56 Å². The standard InChI is InChI=1S/C11H11F2N/c1-2-3-4-11(14)9-7-8(12)5-6-10(9)13/h1,5-7,11H,3-4,14H2. The van der Waals surface area contributed by atoms with Gasteiger partial charge in [0.05, 0.1) is 0 Å². The Bertz CT molecular complexity index is 355. The van der Waals surface area contributed by atoms with Crippen molar-refractivity contribution < 1.29 is 8.78 Å².